The number of carbonyl (C=O) groups is 1. The van der Waals surface area contributed by atoms with Crippen LogP contribution in [0.25, 0.3) is 0 Å². The van der Waals surface area contributed by atoms with E-state index in [-0.39, 0.29) is 5.91 Å². The molecule has 0 fully saturated rings. The van der Waals surface area contributed by atoms with Crippen molar-refractivity contribution in [1.29, 1.82) is 0 Å². The summed E-state index contributed by atoms with van der Waals surface area (Å²) in [4.78, 5) is 11.7. The quantitative estimate of drug-likeness (QED) is 0.798. The van der Waals surface area contributed by atoms with Gasteiger partial charge in [0.2, 0.25) is 5.91 Å². The van der Waals surface area contributed by atoms with Crippen LogP contribution in [0.1, 0.15) is 31.2 Å². The van der Waals surface area contributed by atoms with E-state index in [0.717, 1.165) is 30.2 Å². The molecule has 1 N–H and O–H groups in total. The first-order valence-corrected chi connectivity index (χ1v) is 8.54. The number of hydrogen-bond donors (Lipinski definition) is 1. The third-order valence-corrected chi connectivity index (χ3v) is 4.57. The van der Waals surface area contributed by atoms with Gasteiger partial charge < -0.3 is 5.32 Å². The molecule has 0 bridgehead atoms. The van der Waals surface area contributed by atoms with Crippen LogP contribution < -0.4 is 5.32 Å². The molecule has 0 heterocycles. The lowest BCUT2D eigenvalue weighted by atomic mass is 10.00. The normalized spacial score (nSPS) is 14.8. The second-order valence-corrected chi connectivity index (χ2v) is 6.43. The molecule has 2 nitrogen and oxygen atoms in total. The Hall–Kier alpha value is -0.930. The molecule has 4 heteroatoms. The van der Waals surface area contributed by atoms with E-state index in [4.69, 9.17) is 11.6 Å². The third-order valence-electron chi connectivity index (χ3n) is 3.31. The molecule has 1 aliphatic carbocycles. The molecule has 0 aromatic heterocycles. The highest BCUT2D eigenvalue weighted by Gasteiger charge is 2.06. The number of benzene rings is 1. The Balaban J connectivity index is 1.62. The zero-order chi connectivity index (χ0) is 14.2. The summed E-state index contributed by atoms with van der Waals surface area (Å²) in [6.07, 6.45) is 7.11. The van der Waals surface area contributed by atoms with E-state index in [1.165, 1.54) is 24.0 Å². The van der Waals surface area contributed by atoms with Gasteiger partial charge in [-0.15, -0.1) is 11.8 Å². The van der Waals surface area contributed by atoms with Gasteiger partial charge in [-0.1, -0.05) is 35.4 Å². The van der Waals surface area contributed by atoms with Crippen LogP contribution in [0, 0.1) is 0 Å². The Kier molecular flexibility index (Phi) is 6.48. The second-order valence-electron chi connectivity index (χ2n) is 5.00. The number of carbonyl (C=O) groups excluding carboxylic acids is 1. The number of rotatable bonds is 6. The molecule has 0 saturated heterocycles. The number of halogens is 1. The van der Waals surface area contributed by atoms with Gasteiger partial charge in [-0.2, -0.15) is 0 Å². The van der Waals surface area contributed by atoms with E-state index in [2.05, 4.69) is 11.4 Å². The second kappa shape index (κ2) is 8.38. The molecule has 1 amide bonds. The molecule has 1 aromatic rings. The molecule has 0 saturated carbocycles. The summed E-state index contributed by atoms with van der Waals surface area (Å²) >= 11 is 7.47. The SMILES string of the molecule is O=C(CSCc1ccc(Cl)cc1)NCC1=CCCCC1. The van der Waals surface area contributed by atoms with E-state index < -0.39 is 0 Å². The fourth-order valence-corrected chi connectivity index (χ4v) is 3.11. The van der Waals surface area contributed by atoms with Gasteiger partial charge in [0.15, 0.2) is 0 Å². The van der Waals surface area contributed by atoms with E-state index in [1.807, 2.05) is 24.3 Å². The summed E-state index contributed by atoms with van der Waals surface area (Å²) in [6.45, 7) is 0.723. The highest BCUT2D eigenvalue weighted by molar-refractivity contribution is 7.99. The van der Waals surface area contributed by atoms with E-state index >= 15 is 0 Å². The van der Waals surface area contributed by atoms with Gasteiger partial charge >= 0.3 is 0 Å². The molecule has 0 unspecified atom stereocenters. The summed E-state index contributed by atoms with van der Waals surface area (Å²) in [7, 11) is 0. The summed E-state index contributed by atoms with van der Waals surface area (Å²) in [5.41, 5.74) is 2.58. The number of allylic oxidation sites excluding steroid dienone is 1. The first kappa shape index (κ1) is 15.5. The van der Waals surface area contributed by atoms with Gasteiger partial charge in [0.25, 0.3) is 0 Å². The Morgan fingerprint density at radius 1 is 1.25 bits per heavy atom. The monoisotopic (exact) mass is 309 g/mol. The lowest BCUT2D eigenvalue weighted by Gasteiger charge is -2.13. The highest BCUT2D eigenvalue weighted by Crippen LogP contribution is 2.17. The van der Waals surface area contributed by atoms with Crippen molar-refractivity contribution in [3.8, 4) is 0 Å². The van der Waals surface area contributed by atoms with Crippen molar-refractivity contribution in [2.75, 3.05) is 12.3 Å². The summed E-state index contributed by atoms with van der Waals surface area (Å²) in [5, 5.41) is 3.75. The minimum Gasteiger partial charge on any atom is -0.352 e. The molecule has 0 atom stereocenters. The van der Waals surface area contributed by atoms with Crippen LogP contribution in [0.4, 0.5) is 0 Å². The average molecular weight is 310 g/mol. The number of thioether (sulfide) groups is 1. The lowest BCUT2D eigenvalue weighted by molar-refractivity contribution is -0.118. The lowest BCUT2D eigenvalue weighted by Crippen LogP contribution is -2.27. The molecular formula is C16H20ClNOS. The van der Waals surface area contributed by atoms with Crippen molar-refractivity contribution >= 4 is 29.3 Å². The molecular weight excluding hydrogens is 290 g/mol. The van der Waals surface area contributed by atoms with E-state index in [0.29, 0.717) is 5.75 Å². The topological polar surface area (TPSA) is 29.1 Å². The highest BCUT2D eigenvalue weighted by atomic mass is 35.5. The van der Waals surface area contributed by atoms with E-state index in [9.17, 15) is 4.79 Å². The molecule has 0 aliphatic heterocycles. The maximum absolute atomic E-state index is 11.7. The van der Waals surface area contributed by atoms with Gasteiger partial charge in [0.05, 0.1) is 5.75 Å². The Morgan fingerprint density at radius 3 is 2.75 bits per heavy atom. The smallest absolute Gasteiger partial charge is 0.230 e. The van der Waals surface area contributed by atoms with Crippen molar-refractivity contribution in [2.45, 2.75) is 31.4 Å². The van der Waals surface area contributed by atoms with Gasteiger partial charge in [-0.3, -0.25) is 4.79 Å². The fraction of sp³-hybridized carbons (Fsp3) is 0.438. The first-order valence-electron chi connectivity index (χ1n) is 7.01. The maximum atomic E-state index is 11.7. The van der Waals surface area contributed by atoms with Crippen molar-refractivity contribution in [1.82, 2.24) is 5.32 Å². The summed E-state index contributed by atoms with van der Waals surface area (Å²) < 4.78 is 0. The minimum absolute atomic E-state index is 0.121. The molecule has 1 aliphatic rings. The molecule has 0 spiro atoms. The number of hydrogen-bond acceptors (Lipinski definition) is 2. The van der Waals surface area contributed by atoms with Crippen molar-refractivity contribution in [2.24, 2.45) is 0 Å². The van der Waals surface area contributed by atoms with Crippen LogP contribution in [-0.4, -0.2) is 18.2 Å². The van der Waals surface area contributed by atoms with Crippen molar-refractivity contribution < 1.29 is 4.79 Å². The zero-order valence-corrected chi connectivity index (χ0v) is 13.1. The molecule has 0 radical (unpaired) electrons. The van der Waals surface area contributed by atoms with Gasteiger partial charge in [0, 0.05) is 17.3 Å². The van der Waals surface area contributed by atoms with Gasteiger partial charge in [-0.25, -0.2) is 0 Å². The van der Waals surface area contributed by atoms with Gasteiger partial charge in [-0.05, 0) is 43.4 Å². The van der Waals surface area contributed by atoms with Crippen LogP contribution in [-0.2, 0) is 10.5 Å². The van der Waals surface area contributed by atoms with Crippen LogP contribution in [0.2, 0.25) is 5.02 Å². The Morgan fingerprint density at radius 2 is 2.05 bits per heavy atom. The van der Waals surface area contributed by atoms with Crippen molar-refractivity contribution in [3.05, 3.63) is 46.5 Å². The van der Waals surface area contributed by atoms with Crippen LogP contribution in [0.3, 0.4) is 0 Å². The number of amides is 1. The standard InChI is InChI=1S/C16H20ClNOS/c17-15-8-6-14(7-9-15)11-20-12-16(19)18-10-13-4-2-1-3-5-13/h4,6-9H,1-3,5,10-12H2,(H,18,19). The summed E-state index contributed by atoms with van der Waals surface area (Å²) in [5.74, 6) is 1.47. The largest absolute Gasteiger partial charge is 0.352 e. The van der Waals surface area contributed by atoms with Crippen LogP contribution >= 0.6 is 23.4 Å². The average Bonchev–Trinajstić information content (AvgIpc) is 2.48. The maximum Gasteiger partial charge on any atom is 0.230 e. The molecule has 1 aromatic carbocycles. The first-order chi connectivity index (χ1) is 9.74. The molecule has 108 valence electrons. The Labute approximate surface area is 130 Å². The number of nitrogens with one attached hydrogen (secondary N) is 1. The molecule has 20 heavy (non-hydrogen) atoms. The Bertz CT molecular complexity index is 470. The minimum atomic E-state index is 0.121. The fourth-order valence-electron chi connectivity index (χ4n) is 2.17. The van der Waals surface area contributed by atoms with Crippen LogP contribution in [0.15, 0.2) is 35.9 Å². The summed E-state index contributed by atoms with van der Waals surface area (Å²) in [6, 6.07) is 7.76. The van der Waals surface area contributed by atoms with Crippen LogP contribution in [0.5, 0.6) is 0 Å². The van der Waals surface area contributed by atoms with E-state index in [1.54, 1.807) is 11.8 Å². The molecule has 2 rings (SSSR count). The third kappa shape index (κ3) is 5.59. The predicted octanol–water partition coefficient (Wildman–Crippen LogP) is 4.19. The zero-order valence-electron chi connectivity index (χ0n) is 11.5. The van der Waals surface area contributed by atoms with Gasteiger partial charge in [0.1, 0.15) is 0 Å². The van der Waals surface area contributed by atoms with Crippen molar-refractivity contribution in [3.63, 3.8) is 0 Å². The predicted molar refractivity (Wildman–Crippen MR) is 87.2 cm³/mol.